The van der Waals surface area contributed by atoms with Crippen molar-refractivity contribution in [3.8, 4) is 0 Å². The highest BCUT2D eigenvalue weighted by atomic mass is 127. The van der Waals surface area contributed by atoms with Gasteiger partial charge < -0.3 is 46.8 Å². The summed E-state index contributed by atoms with van der Waals surface area (Å²) >= 11 is 12.9. The van der Waals surface area contributed by atoms with Crippen molar-refractivity contribution in [2.75, 3.05) is 56.3 Å². The van der Waals surface area contributed by atoms with E-state index >= 15 is 0 Å². The number of nitrogens with one attached hydrogen (secondary N) is 5. The second-order valence-corrected chi connectivity index (χ2v) is 20.9. The lowest BCUT2D eigenvalue weighted by atomic mass is 10.1. The summed E-state index contributed by atoms with van der Waals surface area (Å²) < 4.78 is 60.1. The molecule has 0 aliphatic rings. The topological polar surface area (TPSA) is 175 Å². The summed E-state index contributed by atoms with van der Waals surface area (Å²) in [5.41, 5.74) is 5.61. The summed E-state index contributed by atoms with van der Waals surface area (Å²) in [7, 11) is 3.51. The molecular formula is C49H47Br2F4I3N6O6. The van der Waals surface area contributed by atoms with Gasteiger partial charge in [0.05, 0.1) is 57.5 Å². The number of anilines is 6. The highest BCUT2D eigenvalue weighted by molar-refractivity contribution is 14.1. The number of nitrogens with zero attached hydrogens (tertiary/aromatic N) is 1. The maximum absolute atomic E-state index is 14.4. The fourth-order valence-electron chi connectivity index (χ4n) is 6.15. The average molecular weight is 1430 g/mol. The van der Waals surface area contributed by atoms with Crippen LogP contribution < -0.4 is 26.6 Å². The van der Waals surface area contributed by atoms with E-state index in [-0.39, 0.29) is 52.6 Å². The molecule has 0 aliphatic heterocycles. The fourth-order valence-corrected chi connectivity index (χ4v) is 8.86. The zero-order chi connectivity index (χ0) is 52.0. The van der Waals surface area contributed by atoms with Crippen LogP contribution in [0.3, 0.4) is 0 Å². The van der Waals surface area contributed by atoms with Gasteiger partial charge in [-0.15, -0.1) is 0 Å². The van der Waals surface area contributed by atoms with Crippen LogP contribution in [0.1, 0.15) is 47.8 Å². The van der Waals surface area contributed by atoms with Crippen LogP contribution in [0.25, 0.3) is 0 Å². The first-order valence-corrected chi connectivity index (χ1v) is 25.6. The van der Waals surface area contributed by atoms with E-state index in [4.69, 9.17) is 10.2 Å². The number of carbonyl (C=O) groups is 3. The van der Waals surface area contributed by atoms with Gasteiger partial charge in [0.1, 0.15) is 0 Å². The smallest absolute Gasteiger partial charge is 0.255 e. The zero-order valence-corrected chi connectivity index (χ0v) is 47.6. The van der Waals surface area contributed by atoms with E-state index in [1.807, 2.05) is 55.5 Å². The first kappa shape index (κ1) is 58.5. The van der Waals surface area contributed by atoms with Crippen LogP contribution >= 0.6 is 99.6 Å². The standard InChI is InChI=1S/C17H17F2IN2O3.C16H14BrF2IN2O2.C16H16BrIN2O/c1-9-6-10(20)2-5-14(9)22-16-12(3-4-13(18)15(16)19)17(25)21-7-11(24)8-23;1-8-6-9(20)2-3-12(8)22-15-10(16(24)21-4-5-23)7-11(17)13(18)14(15)19;1-10-8-12(18)5-7-14(10)19-15-6-4-11(17)9-13(15)16(21)20(2)3/h2-6,11,22-24H,7-8H2,1H3,(H,21,25);2-3,6-7,22-23H,4-5H2,1H3,(H,21,24);4-9,19H,1-3H3. The normalized spacial score (nSPS) is 11.0. The summed E-state index contributed by atoms with van der Waals surface area (Å²) in [6.07, 6.45) is -1.14. The minimum absolute atomic E-state index is 0.0114. The Morgan fingerprint density at radius 2 is 1.09 bits per heavy atom. The lowest BCUT2D eigenvalue weighted by Gasteiger charge is -2.17. The average Bonchev–Trinajstić information content (AvgIpc) is 3.31. The highest BCUT2D eigenvalue weighted by Crippen LogP contribution is 2.34. The Kier molecular flexibility index (Phi) is 23.1. The molecule has 6 rings (SSSR count). The molecule has 70 heavy (non-hydrogen) atoms. The molecule has 0 bridgehead atoms. The second-order valence-electron chi connectivity index (χ2n) is 15.4. The lowest BCUT2D eigenvalue weighted by molar-refractivity contribution is 0.0801. The number of rotatable bonds is 14. The van der Waals surface area contributed by atoms with E-state index < -0.39 is 47.8 Å². The summed E-state index contributed by atoms with van der Waals surface area (Å²) in [5, 5.41) is 40.6. The molecule has 372 valence electrons. The third-order valence-corrected chi connectivity index (χ3v) is 12.9. The van der Waals surface area contributed by atoms with Crippen molar-refractivity contribution >= 4 is 151 Å². The van der Waals surface area contributed by atoms with Crippen molar-refractivity contribution in [3.63, 3.8) is 0 Å². The fraction of sp³-hybridized carbons (Fsp3) is 0.204. The molecule has 1 atom stereocenters. The van der Waals surface area contributed by atoms with Gasteiger partial charge in [0.15, 0.2) is 23.3 Å². The molecular weight excluding hydrogens is 1390 g/mol. The van der Waals surface area contributed by atoms with Crippen molar-refractivity contribution in [2.24, 2.45) is 0 Å². The molecule has 0 saturated heterocycles. The first-order valence-electron chi connectivity index (χ1n) is 20.8. The van der Waals surface area contributed by atoms with Gasteiger partial charge in [-0.3, -0.25) is 14.4 Å². The molecule has 0 heterocycles. The largest absolute Gasteiger partial charge is 0.395 e. The number of halogens is 9. The molecule has 0 radical (unpaired) electrons. The van der Waals surface area contributed by atoms with Crippen molar-refractivity contribution in [1.82, 2.24) is 15.5 Å². The van der Waals surface area contributed by atoms with Gasteiger partial charge in [-0.2, -0.15) is 0 Å². The number of amides is 3. The van der Waals surface area contributed by atoms with Crippen molar-refractivity contribution in [2.45, 2.75) is 26.9 Å². The third kappa shape index (κ3) is 16.5. The van der Waals surface area contributed by atoms with Crippen molar-refractivity contribution in [1.29, 1.82) is 0 Å². The van der Waals surface area contributed by atoms with Crippen LogP contribution in [-0.4, -0.2) is 84.4 Å². The van der Waals surface area contributed by atoms with Crippen LogP contribution in [0.2, 0.25) is 0 Å². The van der Waals surface area contributed by atoms with Gasteiger partial charge in [0.2, 0.25) is 0 Å². The quantitative estimate of drug-likeness (QED) is 0.0300. The maximum Gasteiger partial charge on any atom is 0.255 e. The number of aryl methyl sites for hydroxylation is 3. The zero-order valence-electron chi connectivity index (χ0n) is 38.0. The van der Waals surface area contributed by atoms with Gasteiger partial charge in [0.25, 0.3) is 17.7 Å². The summed E-state index contributed by atoms with van der Waals surface area (Å²) in [6, 6.07) is 25.9. The molecule has 21 heteroatoms. The minimum atomic E-state index is -1.17. The predicted octanol–water partition coefficient (Wildman–Crippen LogP) is 11.6. The van der Waals surface area contributed by atoms with Crippen LogP contribution in [0, 0.1) is 54.8 Å². The number of aliphatic hydroxyl groups excluding tert-OH is 3. The highest BCUT2D eigenvalue weighted by Gasteiger charge is 2.23. The van der Waals surface area contributed by atoms with Gasteiger partial charge in [-0.05, 0) is 212 Å². The lowest BCUT2D eigenvalue weighted by Crippen LogP contribution is -2.34. The molecule has 6 aromatic rings. The van der Waals surface area contributed by atoms with Crippen LogP contribution in [0.15, 0.2) is 99.9 Å². The minimum Gasteiger partial charge on any atom is -0.395 e. The molecule has 3 amide bonds. The Bertz CT molecular complexity index is 2870. The second kappa shape index (κ2) is 27.6. The molecule has 0 saturated carbocycles. The molecule has 0 aliphatic carbocycles. The molecule has 12 nitrogen and oxygen atoms in total. The number of hydrogen-bond acceptors (Lipinski definition) is 9. The SMILES string of the molecule is Cc1cc(I)ccc1Nc1c(C(=O)NCC(O)CO)ccc(F)c1F.Cc1cc(I)ccc1Nc1c(C(=O)NCCO)cc(Br)c(F)c1F.Cc1cc(I)ccc1Nc1ccc(Br)cc1C(=O)N(C)C. The van der Waals surface area contributed by atoms with E-state index in [1.165, 1.54) is 9.64 Å². The Labute approximate surface area is 460 Å². The van der Waals surface area contributed by atoms with Crippen LogP contribution in [-0.2, 0) is 0 Å². The van der Waals surface area contributed by atoms with Crippen molar-refractivity contribution in [3.05, 3.63) is 167 Å². The third-order valence-electron chi connectivity index (χ3n) is 9.82. The Morgan fingerprint density at radius 3 is 1.57 bits per heavy atom. The van der Waals surface area contributed by atoms with Crippen LogP contribution in [0.4, 0.5) is 51.7 Å². The molecule has 0 spiro atoms. The number of carbonyl (C=O) groups excluding carboxylic acids is 3. The Morgan fingerprint density at radius 1 is 0.600 bits per heavy atom. The Hall–Kier alpha value is -4.12. The molecule has 0 fully saturated rings. The maximum atomic E-state index is 14.4. The summed E-state index contributed by atoms with van der Waals surface area (Å²) in [6.45, 7) is 4.70. The molecule has 8 N–H and O–H groups in total. The molecule has 1 unspecified atom stereocenters. The molecule has 6 aromatic carbocycles. The number of benzene rings is 6. The first-order chi connectivity index (χ1) is 33.1. The Balaban J connectivity index is 0.000000229. The number of hydrogen-bond donors (Lipinski definition) is 8. The van der Waals surface area contributed by atoms with E-state index in [1.54, 1.807) is 44.1 Å². The van der Waals surface area contributed by atoms with E-state index in [2.05, 4.69) is 139 Å². The monoisotopic (exact) mass is 1430 g/mol. The van der Waals surface area contributed by atoms with Gasteiger partial charge >= 0.3 is 0 Å². The van der Waals surface area contributed by atoms with Gasteiger partial charge in [0, 0.05) is 59.4 Å². The van der Waals surface area contributed by atoms with Crippen LogP contribution in [0.5, 0.6) is 0 Å². The summed E-state index contributed by atoms with van der Waals surface area (Å²) in [4.78, 5) is 38.3. The van der Waals surface area contributed by atoms with E-state index in [0.29, 0.717) is 16.9 Å². The van der Waals surface area contributed by atoms with Gasteiger partial charge in [-0.25, -0.2) is 17.6 Å². The predicted molar refractivity (Wildman–Crippen MR) is 299 cm³/mol. The van der Waals surface area contributed by atoms with Crippen molar-refractivity contribution < 1.29 is 47.3 Å². The van der Waals surface area contributed by atoms with E-state index in [0.717, 1.165) is 51.8 Å². The van der Waals surface area contributed by atoms with Gasteiger partial charge in [-0.1, -0.05) is 15.9 Å². The van der Waals surface area contributed by atoms with E-state index in [9.17, 15) is 37.1 Å². The number of aliphatic hydroxyl groups is 3. The molecule has 0 aromatic heterocycles. The summed E-state index contributed by atoms with van der Waals surface area (Å²) in [5.74, 6) is -5.84.